The van der Waals surface area contributed by atoms with Gasteiger partial charge in [-0.15, -0.1) is 0 Å². The van der Waals surface area contributed by atoms with E-state index in [0.717, 1.165) is 11.3 Å². The predicted molar refractivity (Wildman–Crippen MR) is 99.8 cm³/mol. The lowest BCUT2D eigenvalue weighted by atomic mass is 10.1. The zero-order chi connectivity index (χ0) is 18.3. The number of anilines is 2. The first-order chi connectivity index (χ1) is 12.6. The van der Waals surface area contributed by atoms with E-state index in [0.29, 0.717) is 34.0 Å². The molecule has 4 aromatic rings. The minimum atomic E-state index is -0.126. The predicted octanol–water partition coefficient (Wildman–Crippen LogP) is 4.23. The van der Waals surface area contributed by atoms with E-state index in [1.54, 1.807) is 12.3 Å². The normalized spacial score (nSPS) is 11.0. The molecule has 3 aromatic heterocycles. The van der Waals surface area contributed by atoms with Gasteiger partial charge in [-0.1, -0.05) is 23.4 Å². The van der Waals surface area contributed by atoms with E-state index in [1.165, 1.54) is 6.07 Å². The topological polar surface area (TPSA) is 72.4 Å². The van der Waals surface area contributed by atoms with Gasteiger partial charge in [-0.2, -0.15) is 0 Å². The number of pyridine rings is 1. The van der Waals surface area contributed by atoms with Gasteiger partial charge in [0.1, 0.15) is 11.5 Å². The second-order valence-corrected chi connectivity index (χ2v) is 6.08. The van der Waals surface area contributed by atoms with Crippen LogP contribution in [0.1, 0.15) is 11.5 Å². The fourth-order valence-electron chi connectivity index (χ4n) is 3.01. The summed E-state index contributed by atoms with van der Waals surface area (Å²) in [6.07, 6.45) is 1.60. The molecule has 4 rings (SSSR count). The fraction of sp³-hybridized carbons (Fsp3) is 0.150. The van der Waals surface area contributed by atoms with Gasteiger partial charge >= 0.3 is 0 Å². The molecule has 3 heterocycles. The molecular weight excluding hydrogens is 330 g/mol. The van der Waals surface area contributed by atoms with Crippen molar-refractivity contribution in [1.82, 2.24) is 10.1 Å². The molecule has 0 bridgehead atoms. The van der Waals surface area contributed by atoms with Crippen molar-refractivity contribution in [1.29, 1.82) is 0 Å². The monoisotopic (exact) mass is 347 g/mol. The number of aryl methyl sites for hydroxylation is 2. The molecule has 0 atom stereocenters. The molecule has 0 saturated carbocycles. The Bertz CT molecular complexity index is 1130. The Balaban J connectivity index is 1.97. The maximum atomic E-state index is 12.7. The molecule has 0 aliphatic heterocycles. The summed E-state index contributed by atoms with van der Waals surface area (Å²) in [5.74, 6) is 1.07. The van der Waals surface area contributed by atoms with Gasteiger partial charge in [0.25, 0.3) is 0 Å². The van der Waals surface area contributed by atoms with E-state index < -0.39 is 0 Å². The van der Waals surface area contributed by atoms with Crippen LogP contribution in [-0.4, -0.2) is 17.2 Å². The lowest BCUT2D eigenvalue weighted by Crippen LogP contribution is -2.13. The van der Waals surface area contributed by atoms with Crippen molar-refractivity contribution >= 4 is 22.5 Å². The van der Waals surface area contributed by atoms with Gasteiger partial charge in [-0.3, -0.25) is 9.78 Å². The van der Waals surface area contributed by atoms with Crippen LogP contribution in [0.4, 0.5) is 11.6 Å². The smallest absolute Gasteiger partial charge is 0.204 e. The molecule has 6 nitrogen and oxygen atoms in total. The zero-order valence-electron chi connectivity index (χ0n) is 14.7. The van der Waals surface area contributed by atoms with Gasteiger partial charge in [0.2, 0.25) is 5.88 Å². The summed E-state index contributed by atoms with van der Waals surface area (Å²) in [5.41, 5.74) is 3.22. The minimum Gasteiger partial charge on any atom is -0.438 e. The number of para-hydroxylation sites is 1. The third-order valence-corrected chi connectivity index (χ3v) is 4.38. The Labute approximate surface area is 149 Å². The molecule has 0 N–H and O–H groups in total. The van der Waals surface area contributed by atoms with E-state index >= 15 is 0 Å². The van der Waals surface area contributed by atoms with Crippen LogP contribution in [-0.2, 0) is 0 Å². The SMILES string of the molecule is Cc1noc(C)c1-c1nccc2c(=O)cc(N(C)c3ccccc3)oc12. The van der Waals surface area contributed by atoms with Gasteiger partial charge in [0.15, 0.2) is 11.0 Å². The number of hydrogen-bond donors (Lipinski definition) is 0. The van der Waals surface area contributed by atoms with Gasteiger partial charge in [0.05, 0.1) is 16.6 Å². The van der Waals surface area contributed by atoms with Crippen molar-refractivity contribution in [3.05, 3.63) is 70.3 Å². The summed E-state index contributed by atoms with van der Waals surface area (Å²) in [6, 6.07) is 12.9. The van der Waals surface area contributed by atoms with E-state index in [-0.39, 0.29) is 5.43 Å². The van der Waals surface area contributed by atoms with Crippen LogP contribution in [0, 0.1) is 13.8 Å². The van der Waals surface area contributed by atoms with E-state index in [4.69, 9.17) is 8.94 Å². The highest BCUT2D eigenvalue weighted by Crippen LogP contribution is 2.33. The van der Waals surface area contributed by atoms with Crippen molar-refractivity contribution in [3.8, 4) is 11.3 Å². The number of nitrogens with zero attached hydrogens (tertiary/aromatic N) is 3. The van der Waals surface area contributed by atoms with Crippen molar-refractivity contribution in [2.24, 2.45) is 0 Å². The Hall–Kier alpha value is -3.41. The molecule has 130 valence electrons. The zero-order valence-corrected chi connectivity index (χ0v) is 14.7. The Kier molecular flexibility index (Phi) is 3.80. The van der Waals surface area contributed by atoms with Crippen LogP contribution in [0.15, 0.2) is 62.4 Å². The third kappa shape index (κ3) is 2.56. The number of benzene rings is 1. The van der Waals surface area contributed by atoms with Crippen molar-refractivity contribution < 1.29 is 8.94 Å². The molecule has 0 radical (unpaired) electrons. The van der Waals surface area contributed by atoms with E-state index in [1.807, 2.05) is 56.1 Å². The summed E-state index contributed by atoms with van der Waals surface area (Å²) >= 11 is 0. The maximum Gasteiger partial charge on any atom is 0.204 e. The van der Waals surface area contributed by atoms with Crippen LogP contribution < -0.4 is 10.3 Å². The van der Waals surface area contributed by atoms with Gasteiger partial charge in [-0.25, -0.2) is 0 Å². The average molecular weight is 347 g/mol. The number of rotatable bonds is 3. The second kappa shape index (κ2) is 6.15. The Morgan fingerprint density at radius 3 is 2.54 bits per heavy atom. The summed E-state index contributed by atoms with van der Waals surface area (Å²) < 4.78 is 11.4. The molecule has 0 aliphatic rings. The van der Waals surface area contributed by atoms with Crippen LogP contribution in [0.2, 0.25) is 0 Å². The third-order valence-electron chi connectivity index (χ3n) is 4.38. The standard InChI is InChI=1S/C20H17N3O3/c1-12-18(13(2)26-22-12)19-20-15(9-10-21-19)16(24)11-17(25-20)23(3)14-7-5-4-6-8-14/h4-11H,1-3H3. The van der Waals surface area contributed by atoms with Crippen LogP contribution in [0.25, 0.3) is 22.2 Å². The quantitative estimate of drug-likeness (QED) is 0.552. The lowest BCUT2D eigenvalue weighted by Gasteiger charge is -2.18. The molecular formula is C20H17N3O3. The molecule has 0 aliphatic carbocycles. The van der Waals surface area contributed by atoms with E-state index in [9.17, 15) is 4.79 Å². The average Bonchev–Trinajstić information content (AvgIpc) is 2.99. The largest absolute Gasteiger partial charge is 0.438 e. The first-order valence-corrected chi connectivity index (χ1v) is 8.21. The summed E-state index contributed by atoms with van der Waals surface area (Å²) in [4.78, 5) is 18.9. The molecule has 0 unspecified atom stereocenters. The highest BCUT2D eigenvalue weighted by molar-refractivity contribution is 5.91. The number of fused-ring (bicyclic) bond motifs is 1. The highest BCUT2D eigenvalue weighted by Gasteiger charge is 2.20. The van der Waals surface area contributed by atoms with E-state index in [2.05, 4.69) is 10.1 Å². The first kappa shape index (κ1) is 16.1. The molecule has 1 aromatic carbocycles. The number of hydrogen-bond acceptors (Lipinski definition) is 6. The van der Waals surface area contributed by atoms with Crippen LogP contribution >= 0.6 is 0 Å². The molecule has 6 heteroatoms. The highest BCUT2D eigenvalue weighted by atomic mass is 16.5. The maximum absolute atomic E-state index is 12.7. The second-order valence-electron chi connectivity index (χ2n) is 6.08. The molecule has 0 spiro atoms. The summed E-state index contributed by atoms with van der Waals surface area (Å²) in [7, 11) is 1.85. The van der Waals surface area contributed by atoms with Crippen molar-refractivity contribution in [2.75, 3.05) is 11.9 Å². The van der Waals surface area contributed by atoms with Gasteiger partial charge in [-0.05, 0) is 32.0 Å². The lowest BCUT2D eigenvalue weighted by molar-refractivity contribution is 0.393. The van der Waals surface area contributed by atoms with Gasteiger partial charge in [0, 0.05) is 25.0 Å². The van der Waals surface area contributed by atoms with Crippen molar-refractivity contribution in [3.63, 3.8) is 0 Å². The minimum absolute atomic E-state index is 0.126. The van der Waals surface area contributed by atoms with Gasteiger partial charge < -0.3 is 13.8 Å². The molecule has 0 saturated heterocycles. The van der Waals surface area contributed by atoms with Crippen LogP contribution in [0.3, 0.4) is 0 Å². The van der Waals surface area contributed by atoms with Crippen molar-refractivity contribution in [2.45, 2.75) is 13.8 Å². The molecule has 0 amide bonds. The summed E-state index contributed by atoms with van der Waals surface area (Å²) in [6.45, 7) is 3.65. The summed E-state index contributed by atoms with van der Waals surface area (Å²) in [5, 5.41) is 4.45. The molecule has 0 fully saturated rings. The Morgan fingerprint density at radius 2 is 1.85 bits per heavy atom. The Morgan fingerprint density at radius 1 is 1.08 bits per heavy atom. The molecule has 26 heavy (non-hydrogen) atoms. The first-order valence-electron chi connectivity index (χ1n) is 8.21. The van der Waals surface area contributed by atoms with Crippen LogP contribution in [0.5, 0.6) is 0 Å². The number of aromatic nitrogens is 2. The fourth-order valence-corrected chi connectivity index (χ4v) is 3.01.